The lowest BCUT2D eigenvalue weighted by Gasteiger charge is -2.13. The van der Waals surface area contributed by atoms with Gasteiger partial charge in [0.05, 0.1) is 18.4 Å². The van der Waals surface area contributed by atoms with Crippen molar-refractivity contribution in [2.45, 2.75) is 46.3 Å². The highest BCUT2D eigenvalue weighted by Gasteiger charge is 2.19. The van der Waals surface area contributed by atoms with Crippen LogP contribution in [0.5, 0.6) is 0 Å². The van der Waals surface area contributed by atoms with Gasteiger partial charge in [0.15, 0.2) is 0 Å². The minimum absolute atomic E-state index is 0.0648. The van der Waals surface area contributed by atoms with Crippen LogP contribution < -0.4 is 10.9 Å². The van der Waals surface area contributed by atoms with Gasteiger partial charge in [0.25, 0.3) is 5.56 Å². The van der Waals surface area contributed by atoms with E-state index in [-0.39, 0.29) is 24.1 Å². The summed E-state index contributed by atoms with van der Waals surface area (Å²) < 4.78 is 3.36. The molecule has 4 aromatic rings. The van der Waals surface area contributed by atoms with Crippen LogP contribution in [0.3, 0.4) is 0 Å². The van der Waals surface area contributed by atoms with Crippen LogP contribution in [0, 0.1) is 6.92 Å². The molecule has 0 spiro atoms. The first kappa shape index (κ1) is 21.1. The fraction of sp³-hybridized carbons (Fsp3) is 0.292. The molecule has 31 heavy (non-hydrogen) atoms. The zero-order chi connectivity index (χ0) is 22.1. The second-order valence-electron chi connectivity index (χ2n) is 7.98. The first-order chi connectivity index (χ1) is 14.9. The van der Waals surface area contributed by atoms with E-state index in [1.807, 2.05) is 51.1 Å². The van der Waals surface area contributed by atoms with Gasteiger partial charge in [0.1, 0.15) is 17.6 Å². The normalized spacial score (nSPS) is 12.4. The van der Waals surface area contributed by atoms with Crippen LogP contribution >= 0.6 is 11.6 Å². The van der Waals surface area contributed by atoms with Gasteiger partial charge >= 0.3 is 0 Å². The second-order valence-corrected chi connectivity index (χ2v) is 8.42. The summed E-state index contributed by atoms with van der Waals surface area (Å²) in [7, 11) is 0. The molecule has 2 aromatic carbocycles. The van der Waals surface area contributed by atoms with Crippen LogP contribution in [0.15, 0.2) is 53.6 Å². The summed E-state index contributed by atoms with van der Waals surface area (Å²) in [5.74, 6) is -0.124. The summed E-state index contributed by atoms with van der Waals surface area (Å²) in [6.45, 7) is 6.43. The van der Waals surface area contributed by atoms with E-state index in [1.165, 1.54) is 0 Å². The van der Waals surface area contributed by atoms with Gasteiger partial charge in [0.2, 0.25) is 5.91 Å². The van der Waals surface area contributed by atoms with Crippen molar-refractivity contribution in [1.82, 2.24) is 19.4 Å². The van der Waals surface area contributed by atoms with Crippen molar-refractivity contribution in [2.75, 3.05) is 0 Å². The van der Waals surface area contributed by atoms with Gasteiger partial charge in [0, 0.05) is 16.5 Å². The molecule has 0 aliphatic carbocycles. The predicted octanol–water partition coefficient (Wildman–Crippen LogP) is 4.28. The largest absolute Gasteiger partial charge is 0.352 e. The highest BCUT2D eigenvalue weighted by Crippen LogP contribution is 2.26. The number of rotatable bonds is 6. The minimum atomic E-state index is -0.176. The number of benzene rings is 2. The van der Waals surface area contributed by atoms with Gasteiger partial charge in [-0.1, -0.05) is 42.3 Å². The van der Waals surface area contributed by atoms with Crippen molar-refractivity contribution in [1.29, 1.82) is 0 Å². The zero-order valence-corrected chi connectivity index (χ0v) is 18.6. The van der Waals surface area contributed by atoms with Gasteiger partial charge < -0.3 is 9.88 Å². The van der Waals surface area contributed by atoms with Crippen molar-refractivity contribution in [2.24, 2.45) is 0 Å². The maximum absolute atomic E-state index is 13.5. The molecule has 0 saturated heterocycles. The molecular formula is C24H25ClN4O2. The van der Waals surface area contributed by atoms with Gasteiger partial charge in [-0.25, -0.2) is 4.98 Å². The van der Waals surface area contributed by atoms with E-state index in [1.54, 1.807) is 27.6 Å². The molecule has 0 aliphatic heterocycles. The Kier molecular flexibility index (Phi) is 5.83. The Bertz CT molecular complexity index is 1320. The number of aryl methyl sites for hydroxylation is 1. The summed E-state index contributed by atoms with van der Waals surface area (Å²) >= 11 is 5.98. The zero-order valence-electron chi connectivity index (χ0n) is 17.9. The third-order valence-electron chi connectivity index (χ3n) is 5.57. The van der Waals surface area contributed by atoms with E-state index in [0.717, 1.165) is 28.5 Å². The Balaban J connectivity index is 1.85. The molecule has 2 heterocycles. The maximum Gasteiger partial charge on any atom is 0.278 e. The molecule has 4 rings (SSSR count). The Labute approximate surface area is 185 Å². The molecule has 0 bridgehead atoms. The van der Waals surface area contributed by atoms with E-state index in [0.29, 0.717) is 22.6 Å². The summed E-state index contributed by atoms with van der Waals surface area (Å²) in [4.78, 5) is 30.8. The lowest BCUT2D eigenvalue weighted by Crippen LogP contribution is -2.35. The van der Waals surface area contributed by atoms with Gasteiger partial charge in [-0.05, 0) is 50.1 Å². The third-order valence-corrected chi connectivity index (χ3v) is 5.82. The SMILES string of the molecule is CCC(C)NC(=O)Cn1c2ccc(C)cc2c2ncn(Cc3ccc(Cl)cc3)c(=O)c21. The molecule has 7 heteroatoms. The van der Waals surface area contributed by atoms with Crippen LogP contribution in [-0.4, -0.2) is 26.1 Å². The van der Waals surface area contributed by atoms with Gasteiger partial charge in [-0.2, -0.15) is 0 Å². The first-order valence-corrected chi connectivity index (χ1v) is 10.8. The van der Waals surface area contributed by atoms with E-state index < -0.39 is 0 Å². The Hall–Kier alpha value is -3.12. The van der Waals surface area contributed by atoms with Crippen LogP contribution in [-0.2, 0) is 17.9 Å². The topological polar surface area (TPSA) is 68.9 Å². The van der Waals surface area contributed by atoms with Crippen LogP contribution in [0.25, 0.3) is 21.9 Å². The number of carbonyl (C=O) groups is 1. The Morgan fingerprint density at radius 1 is 1.19 bits per heavy atom. The standard InChI is InChI=1S/C24H25ClN4O2/c1-4-16(3)27-21(30)13-29-20-10-5-15(2)11-19(20)22-23(29)24(31)28(14-26-22)12-17-6-8-18(25)9-7-17/h5-11,14,16H,4,12-13H2,1-3H3,(H,27,30). The number of aromatic nitrogens is 3. The number of hydrogen-bond donors (Lipinski definition) is 1. The predicted molar refractivity (Wildman–Crippen MR) is 125 cm³/mol. The van der Waals surface area contributed by atoms with Crippen molar-refractivity contribution in [3.05, 3.63) is 75.3 Å². The number of halogens is 1. The molecule has 0 radical (unpaired) electrons. The summed E-state index contributed by atoms with van der Waals surface area (Å²) in [6, 6.07) is 13.4. The van der Waals surface area contributed by atoms with E-state index in [9.17, 15) is 9.59 Å². The minimum Gasteiger partial charge on any atom is -0.352 e. The van der Waals surface area contributed by atoms with Crippen LogP contribution in [0.2, 0.25) is 5.02 Å². The number of nitrogens with one attached hydrogen (secondary N) is 1. The monoisotopic (exact) mass is 436 g/mol. The quantitative estimate of drug-likeness (QED) is 0.490. The number of nitrogens with zero attached hydrogens (tertiary/aromatic N) is 3. The van der Waals surface area contributed by atoms with Crippen molar-refractivity contribution >= 4 is 39.4 Å². The van der Waals surface area contributed by atoms with Crippen LogP contribution in [0.4, 0.5) is 0 Å². The number of hydrogen-bond acceptors (Lipinski definition) is 3. The lowest BCUT2D eigenvalue weighted by atomic mass is 10.1. The number of carbonyl (C=O) groups excluding carboxylic acids is 1. The molecule has 6 nitrogen and oxygen atoms in total. The molecule has 1 unspecified atom stereocenters. The highest BCUT2D eigenvalue weighted by molar-refractivity contribution is 6.30. The molecule has 160 valence electrons. The average Bonchev–Trinajstić information content (AvgIpc) is 3.04. The van der Waals surface area contributed by atoms with Crippen molar-refractivity contribution in [3.63, 3.8) is 0 Å². The smallest absolute Gasteiger partial charge is 0.278 e. The summed E-state index contributed by atoms with van der Waals surface area (Å²) in [6.07, 6.45) is 2.41. The highest BCUT2D eigenvalue weighted by atomic mass is 35.5. The fourth-order valence-corrected chi connectivity index (χ4v) is 3.87. The molecular weight excluding hydrogens is 412 g/mol. The third kappa shape index (κ3) is 4.21. The molecule has 0 saturated carbocycles. The van der Waals surface area contributed by atoms with E-state index in [4.69, 9.17) is 11.6 Å². The first-order valence-electron chi connectivity index (χ1n) is 10.4. The van der Waals surface area contributed by atoms with Crippen LogP contribution in [0.1, 0.15) is 31.4 Å². The molecule has 0 fully saturated rings. The molecule has 1 amide bonds. The molecule has 1 N–H and O–H groups in total. The maximum atomic E-state index is 13.5. The van der Waals surface area contributed by atoms with E-state index >= 15 is 0 Å². The summed E-state index contributed by atoms with van der Waals surface area (Å²) in [5.41, 5.74) is 3.73. The summed E-state index contributed by atoms with van der Waals surface area (Å²) in [5, 5.41) is 4.51. The average molecular weight is 437 g/mol. The van der Waals surface area contributed by atoms with Gasteiger partial charge in [-0.15, -0.1) is 0 Å². The Morgan fingerprint density at radius 2 is 1.94 bits per heavy atom. The molecule has 2 aromatic heterocycles. The number of fused-ring (bicyclic) bond motifs is 3. The molecule has 1 atom stereocenters. The Morgan fingerprint density at radius 3 is 2.65 bits per heavy atom. The second kappa shape index (κ2) is 8.55. The fourth-order valence-electron chi connectivity index (χ4n) is 3.74. The van der Waals surface area contributed by atoms with Crippen molar-refractivity contribution in [3.8, 4) is 0 Å². The lowest BCUT2D eigenvalue weighted by molar-refractivity contribution is -0.122. The van der Waals surface area contributed by atoms with Crippen molar-refractivity contribution < 1.29 is 4.79 Å². The number of amides is 1. The van der Waals surface area contributed by atoms with E-state index in [2.05, 4.69) is 10.3 Å². The molecule has 0 aliphatic rings. The van der Waals surface area contributed by atoms with Gasteiger partial charge in [-0.3, -0.25) is 14.2 Å².